The summed E-state index contributed by atoms with van der Waals surface area (Å²) in [5.74, 6) is 0. The maximum absolute atomic E-state index is 2.36. The molecule has 0 nitrogen and oxygen atoms in total. The molecule has 0 bridgehead atoms. The average molecular weight is 286 g/mol. The lowest BCUT2D eigenvalue weighted by molar-refractivity contribution is 0.671. The molecule has 0 saturated carbocycles. The fourth-order valence-corrected chi connectivity index (χ4v) is 3.55. The first-order valence-corrected chi connectivity index (χ1v) is 7.94. The second-order valence-electron chi connectivity index (χ2n) is 5.72. The summed E-state index contributed by atoms with van der Waals surface area (Å²) in [5.41, 5.74) is 5.53. The lowest BCUT2D eigenvalue weighted by atomic mass is 9.75. The number of hydrogen-bond acceptors (Lipinski definition) is 0. The molecule has 22 heavy (non-hydrogen) atoms. The first-order chi connectivity index (χ1) is 10.8. The van der Waals surface area contributed by atoms with Gasteiger partial charge >= 0.3 is 0 Å². The minimum absolute atomic E-state index is 0.0416. The van der Waals surface area contributed by atoms with Crippen molar-refractivity contribution < 1.29 is 0 Å². The van der Waals surface area contributed by atoms with Crippen molar-refractivity contribution in [1.82, 2.24) is 0 Å². The van der Waals surface area contributed by atoms with E-state index in [1.807, 2.05) is 6.92 Å². The molecule has 0 heterocycles. The van der Waals surface area contributed by atoms with Gasteiger partial charge in [-0.15, -0.1) is 0 Å². The summed E-state index contributed by atoms with van der Waals surface area (Å²) >= 11 is 0. The fourth-order valence-electron chi connectivity index (χ4n) is 3.55. The van der Waals surface area contributed by atoms with E-state index in [0.717, 1.165) is 6.42 Å². The van der Waals surface area contributed by atoms with E-state index in [1.54, 1.807) is 0 Å². The Balaban J connectivity index is 2.20. The van der Waals surface area contributed by atoms with Gasteiger partial charge in [-0.1, -0.05) is 85.0 Å². The van der Waals surface area contributed by atoms with E-state index in [2.05, 4.69) is 91.9 Å². The van der Waals surface area contributed by atoms with Crippen molar-refractivity contribution in [3.05, 3.63) is 96.1 Å². The van der Waals surface area contributed by atoms with Crippen LogP contribution in [0.1, 0.15) is 31.4 Å². The molecule has 110 valence electrons. The Morgan fingerprint density at radius 3 is 1.91 bits per heavy atom. The Kier molecular flexibility index (Phi) is 4.11. The summed E-state index contributed by atoms with van der Waals surface area (Å²) < 4.78 is 0. The van der Waals surface area contributed by atoms with Crippen LogP contribution in [0.4, 0.5) is 0 Å². The van der Waals surface area contributed by atoms with Gasteiger partial charge in [-0.05, 0) is 42.5 Å². The van der Waals surface area contributed by atoms with E-state index in [0.29, 0.717) is 0 Å². The largest absolute Gasteiger partial charge is 0.0904 e. The molecule has 2 aromatic carbocycles. The van der Waals surface area contributed by atoms with E-state index < -0.39 is 0 Å². The van der Waals surface area contributed by atoms with E-state index in [9.17, 15) is 0 Å². The van der Waals surface area contributed by atoms with Crippen molar-refractivity contribution in [2.75, 3.05) is 0 Å². The van der Waals surface area contributed by atoms with Crippen LogP contribution in [0.25, 0.3) is 11.1 Å². The van der Waals surface area contributed by atoms with Crippen LogP contribution in [0.15, 0.2) is 85.0 Å². The standard InChI is InChI=1S/C22H22/c1-3-5-6-11-17-22(16-4-2)20-14-9-7-12-18(20)19-13-8-10-15-21(19)22/h3-16H,17H2,1-2H3/b5-3+,11-6-,16-4+. The minimum atomic E-state index is -0.0416. The van der Waals surface area contributed by atoms with Crippen molar-refractivity contribution in [3.8, 4) is 11.1 Å². The molecule has 0 N–H and O–H groups in total. The summed E-state index contributed by atoms with van der Waals surface area (Å²) in [5, 5.41) is 0. The molecule has 0 aromatic heterocycles. The first-order valence-electron chi connectivity index (χ1n) is 7.94. The quantitative estimate of drug-likeness (QED) is 0.474. The Labute approximate surface area is 133 Å². The maximum atomic E-state index is 2.36. The van der Waals surface area contributed by atoms with E-state index >= 15 is 0 Å². The normalized spacial score (nSPS) is 15.7. The summed E-state index contributed by atoms with van der Waals surface area (Å²) in [7, 11) is 0. The van der Waals surface area contributed by atoms with Gasteiger partial charge in [-0.2, -0.15) is 0 Å². The van der Waals surface area contributed by atoms with Gasteiger partial charge in [0.15, 0.2) is 0 Å². The zero-order valence-electron chi connectivity index (χ0n) is 13.3. The maximum Gasteiger partial charge on any atom is 0.0428 e. The number of hydrogen-bond donors (Lipinski definition) is 0. The molecule has 0 unspecified atom stereocenters. The van der Waals surface area contributed by atoms with Crippen molar-refractivity contribution in [1.29, 1.82) is 0 Å². The molecule has 0 radical (unpaired) electrons. The third kappa shape index (κ3) is 2.25. The van der Waals surface area contributed by atoms with Crippen molar-refractivity contribution in [3.63, 3.8) is 0 Å². The van der Waals surface area contributed by atoms with E-state index in [1.165, 1.54) is 22.3 Å². The Morgan fingerprint density at radius 1 is 0.773 bits per heavy atom. The van der Waals surface area contributed by atoms with Crippen molar-refractivity contribution in [2.24, 2.45) is 0 Å². The van der Waals surface area contributed by atoms with Gasteiger partial charge in [0.1, 0.15) is 0 Å². The molecule has 0 spiro atoms. The van der Waals surface area contributed by atoms with Gasteiger partial charge in [0, 0.05) is 5.41 Å². The van der Waals surface area contributed by atoms with Crippen LogP contribution in [0, 0.1) is 0 Å². The lowest BCUT2D eigenvalue weighted by Crippen LogP contribution is -2.21. The third-order valence-corrected chi connectivity index (χ3v) is 4.44. The van der Waals surface area contributed by atoms with Gasteiger partial charge < -0.3 is 0 Å². The van der Waals surface area contributed by atoms with Crippen LogP contribution in [-0.2, 0) is 5.41 Å². The second-order valence-corrected chi connectivity index (χ2v) is 5.72. The molecule has 3 rings (SSSR count). The monoisotopic (exact) mass is 286 g/mol. The molecule has 1 aliphatic rings. The van der Waals surface area contributed by atoms with Crippen LogP contribution in [0.5, 0.6) is 0 Å². The second kappa shape index (κ2) is 6.19. The van der Waals surface area contributed by atoms with Crippen molar-refractivity contribution in [2.45, 2.75) is 25.7 Å². The first kappa shape index (κ1) is 14.6. The molecule has 0 amide bonds. The highest BCUT2D eigenvalue weighted by Crippen LogP contribution is 2.51. The number of rotatable bonds is 4. The summed E-state index contributed by atoms with van der Waals surface area (Å²) in [6.45, 7) is 4.16. The van der Waals surface area contributed by atoms with Crippen LogP contribution in [0.2, 0.25) is 0 Å². The van der Waals surface area contributed by atoms with Crippen molar-refractivity contribution >= 4 is 0 Å². The molecule has 0 saturated heterocycles. The highest BCUT2D eigenvalue weighted by atomic mass is 14.4. The zero-order chi connectivity index (χ0) is 15.4. The number of benzene rings is 2. The van der Waals surface area contributed by atoms with Crippen LogP contribution >= 0.6 is 0 Å². The Hall–Kier alpha value is -2.34. The average Bonchev–Trinajstić information content (AvgIpc) is 2.84. The molecular formula is C22H22. The summed E-state index contributed by atoms with van der Waals surface area (Å²) in [6.07, 6.45) is 14.1. The predicted octanol–water partition coefficient (Wildman–Crippen LogP) is 6.05. The van der Waals surface area contributed by atoms with Gasteiger partial charge in [-0.3, -0.25) is 0 Å². The van der Waals surface area contributed by atoms with Crippen LogP contribution in [0.3, 0.4) is 0 Å². The zero-order valence-corrected chi connectivity index (χ0v) is 13.3. The highest BCUT2D eigenvalue weighted by molar-refractivity contribution is 5.82. The fraction of sp³-hybridized carbons (Fsp3) is 0.182. The topological polar surface area (TPSA) is 0 Å². The van der Waals surface area contributed by atoms with Gasteiger partial charge in [0.2, 0.25) is 0 Å². The molecule has 0 atom stereocenters. The molecular weight excluding hydrogens is 264 g/mol. The molecule has 0 fully saturated rings. The Bertz CT molecular complexity index is 699. The predicted molar refractivity (Wildman–Crippen MR) is 96.0 cm³/mol. The van der Waals surface area contributed by atoms with E-state index in [4.69, 9.17) is 0 Å². The molecule has 1 aliphatic carbocycles. The lowest BCUT2D eigenvalue weighted by Gasteiger charge is -2.27. The van der Waals surface area contributed by atoms with Gasteiger partial charge in [0.25, 0.3) is 0 Å². The number of allylic oxidation sites excluding steroid dienone is 6. The summed E-state index contributed by atoms with van der Waals surface area (Å²) in [6, 6.07) is 17.6. The smallest absolute Gasteiger partial charge is 0.0428 e. The van der Waals surface area contributed by atoms with Crippen LogP contribution in [-0.4, -0.2) is 0 Å². The van der Waals surface area contributed by atoms with Gasteiger partial charge in [-0.25, -0.2) is 0 Å². The minimum Gasteiger partial charge on any atom is -0.0904 e. The summed E-state index contributed by atoms with van der Waals surface area (Å²) in [4.78, 5) is 0. The molecule has 2 aromatic rings. The SMILES string of the molecule is C/C=C/C=C\CC1(/C=C/C)c2ccccc2-c2ccccc21. The molecule has 0 aliphatic heterocycles. The Morgan fingerprint density at radius 2 is 1.36 bits per heavy atom. The van der Waals surface area contributed by atoms with Crippen LogP contribution < -0.4 is 0 Å². The third-order valence-electron chi connectivity index (χ3n) is 4.44. The highest BCUT2D eigenvalue weighted by Gasteiger charge is 2.39. The number of fused-ring (bicyclic) bond motifs is 3. The molecule has 0 heteroatoms. The van der Waals surface area contributed by atoms with E-state index in [-0.39, 0.29) is 5.41 Å². The van der Waals surface area contributed by atoms with Gasteiger partial charge in [0.05, 0.1) is 0 Å².